The summed E-state index contributed by atoms with van der Waals surface area (Å²) in [5.41, 5.74) is 6.98. The smallest absolute Gasteiger partial charge is 0.00232 e. The van der Waals surface area contributed by atoms with E-state index in [1.165, 1.54) is 27.8 Å². The molecule has 0 saturated carbocycles. The van der Waals surface area contributed by atoms with Crippen molar-refractivity contribution in [3.05, 3.63) is 70.3 Å². The summed E-state index contributed by atoms with van der Waals surface area (Å²) in [7, 11) is 0. The molecule has 1 unspecified atom stereocenters. The molecule has 0 aliphatic heterocycles. The Labute approximate surface area is 129 Å². The molecule has 2 rings (SSSR count). The number of aryl methyl sites for hydroxylation is 3. The van der Waals surface area contributed by atoms with Crippen LogP contribution >= 0.6 is 0 Å². The molecule has 0 saturated heterocycles. The van der Waals surface area contributed by atoms with Crippen LogP contribution in [0.4, 0.5) is 0 Å². The third kappa shape index (κ3) is 4.44. The maximum Gasteiger partial charge on any atom is 0.00232 e. The minimum atomic E-state index is 0.533. The van der Waals surface area contributed by atoms with Gasteiger partial charge < -0.3 is 5.32 Å². The van der Waals surface area contributed by atoms with Crippen LogP contribution in [-0.4, -0.2) is 13.1 Å². The predicted octanol–water partition coefficient (Wildman–Crippen LogP) is 4.55. The van der Waals surface area contributed by atoms with Gasteiger partial charge >= 0.3 is 0 Å². The summed E-state index contributed by atoms with van der Waals surface area (Å²) in [5, 5.41) is 3.52. The van der Waals surface area contributed by atoms with Gasteiger partial charge in [0.2, 0.25) is 0 Å². The molecule has 0 fully saturated rings. The Morgan fingerprint density at radius 2 is 1.57 bits per heavy atom. The van der Waals surface area contributed by atoms with Crippen molar-refractivity contribution in [2.45, 2.75) is 40.0 Å². The molecule has 112 valence electrons. The molecule has 0 amide bonds. The average Bonchev–Trinajstić information content (AvgIpc) is 2.48. The molecular formula is C20H27N. The van der Waals surface area contributed by atoms with Crippen LogP contribution < -0.4 is 5.32 Å². The van der Waals surface area contributed by atoms with Crippen molar-refractivity contribution in [3.63, 3.8) is 0 Å². The van der Waals surface area contributed by atoms with Gasteiger partial charge in [0.05, 0.1) is 0 Å². The quantitative estimate of drug-likeness (QED) is 0.819. The van der Waals surface area contributed by atoms with Gasteiger partial charge in [-0.2, -0.15) is 0 Å². The number of rotatable bonds is 6. The lowest BCUT2D eigenvalue weighted by molar-refractivity contribution is 0.593. The lowest BCUT2D eigenvalue weighted by atomic mass is 9.89. The second-order valence-corrected chi connectivity index (χ2v) is 6.05. The molecule has 0 aliphatic carbocycles. The Hall–Kier alpha value is -1.60. The molecule has 1 atom stereocenters. The fourth-order valence-corrected chi connectivity index (χ4v) is 2.75. The summed E-state index contributed by atoms with van der Waals surface area (Å²) in [6.07, 6.45) is 1.10. The third-order valence-corrected chi connectivity index (χ3v) is 4.16. The van der Waals surface area contributed by atoms with Gasteiger partial charge in [-0.1, -0.05) is 60.5 Å². The first-order valence-electron chi connectivity index (χ1n) is 7.93. The van der Waals surface area contributed by atoms with Crippen LogP contribution in [0.15, 0.2) is 42.5 Å². The summed E-state index contributed by atoms with van der Waals surface area (Å²) in [4.78, 5) is 0. The van der Waals surface area contributed by atoms with Crippen molar-refractivity contribution in [1.82, 2.24) is 5.32 Å². The number of likely N-dealkylation sites (N-methyl/N-ethyl adjacent to an activating group) is 1. The average molecular weight is 281 g/mol. The van der Waals surface area contributed by atoms with E-state index < -0.39 is 0 Å². The molecule has 0 radical (unpaired) electrons. The van der Waals surface area contributed by atoms with Gasteiger partial charge in [0.25, 0.3) is 0 Å². The first-order chi connectivity index (χ1) is 10.1. The van der Waals surface area contributed by atoms with Gasteiger partial charge in [0, 0.05) is 12.5 Å². The molecule has 21 heavy (non-hydrogen) atoms. The summed E-state index contributed by atoms with van der Waals surface area (Å²) >= 11 is 0. The van der Waals surface area contributed by atoms with Crippen molar-refractivity contribution < 1.29 is 0 Å². The Kier molecular flexibility index (Phi) is 5.58. The minimum Gasteiger partial charge on any atom is -0.316 e. The van der Waals surface area contributed by atoms with Crippen molar-refractivity contribution >= 4 is 0 Å². The Morgan fingerprint density at radius 1 is 0.905 bits per heavy atom. The first kappa shape index (κ1) is 15.8. The van der Waals surface area contributed by atoms with Crippen LogP contribution in [0.25, 0.3) is 0 Å². The third-order valence-electron chi connectivity index (χ3n) is 4.16. The van der Waals surface area contributed by atoms with E-state index in [0.29, 0.717) is 5.92 Å². The lowest BCUT2D eigenvalue weighted by Gasteiger charge is -2.20. The monoisotopic (exact) mass is 281 g/mol. The summed E-state index contributed by atoms with van der Waals surface area (Å²) < 4.78 is 0. The molecule has 0 spiro atoms. The van der Waals surface area contributed by atoms with Crippen LogP contribution in [0.3, 0.4) is 0 Å². The van der Waals surface area contributed by atoms with Crippen LogP contribution in [-0.2, 0) is 6.42 Å². The maximum absolute atomic E-state index is 3.52. The highest BCUT2D eigenvalue weighted by atomic mass is 14.8. The number of nitrogens with one attached hydrogen (secondary N) is 1. The van der Waals surface area contributed by atoms with Crippen LogP contribution in [0.2, 0.25) is 0 Å². The number of hydrogen-bond donors (Lipinski definition) is 1. The van der Waals surface area contributed by atoms with E-state index in [2.05, 4.69) is 75.5 Å². The van der Waals surface area contributed by atoms with E-state index >= 15 is 0 Å². The molecule has 1 N–H and O–H groups in total. The topological polar surface area (TPSA) is 12.0 Å². The predicted molar refractivity (Wildman–Crippen MR) is 92.1 cm³/mol. The Bertz CT molecular complexity index is 569. The highest BCUT2D eigenvalue weighted by Gasteiger charge is 2.13. The van der Waals surface area contributed by atoms with Crippen molar-refractivity contribution in [1.29, 1.82) is 0 Å². The highest BCUT2D eigenvalue weighted by Crippen LogP contribution is 2.23. The molecule has 0 aliphatic rings. The summed E-state index contributed by atoms with van der Waals surface area (Å²) in [5.74, 6) is 0.533. The maximum atomic E-state index is 3.52. The second-order valence-electron chi connectivity index (χ2n) is 6.05. The molecule has 1 nitrogen and oxygen atoms in total. The Balaban J connectivity index is 2.23. The molecule has 2 aromatic carbocycles. The van der Waals surface area contributed by atoms with Gasteiger partial charge in [-0.25, -0.2) is 0 Å². The van der Waals surface area contributed by atoms with Gasteiger partial charge in [-0.05, 0) is 50.4 Å². The molecule has 0 heterocycles. The first-order valence-corrected chi connectivity index (χ1v) is 7.93. The largest absolute Gasteiger partial charge is 0.316 e. The van der Waals surface area contributed by atoms with Crippen molar-refractivity contribution in [3.8, 4) is 0 Å². The van der Waals surface area contributed by atoms with E-state index in [9.17, 15) is 0 Å². The fourth-order valence-electron chi connectivity index (χ4n) is 2.75. The van der Waals surface area contributed by atoms with Crippen LogP contribution in [0.1, 0.15) is 40.7 Å². The number of hydrogen-bond acceptors (Lipinski definition) is 1. The zero-order chi connectivity index (χ0) is 15.2. The molecular weight excluding hydrogens is 254 g/mol. The number of benzene rings is 2. The Morgan fingerprint density at radius 3 is 2.24 bits per heavy atom. The minimum absolute atomic E-state index is 0.533. The van der Waals surface area contributed by atoms with Crippen molar-refractivity contribution in [2.24, 2.45) is 0 Å². The van der Waals surface area contributed by atoms with E-state index in [4.69, 9.17) is 0 Å². The van der Waals surface area contributed by atoms with Crippen LogP contribution in [0.5, 0.6) is 0 Å². The van der Waals surface area contributed by atoms with Gasteiger partial charge in [0.1, 0.15) is 0 Å². The van der Waals surface area contributed by atoms with Gasteiger partial charge in [-0.3, -0.25) is 0 Å². The van der Waals surface area contributed by atoms with Gasteiger partial charge in [0.15, 0.2) is 0 Å². The summed E-state index contributed by atoms with van der Waals surface area (Å²) in [6, 6.07) is 15.8. The van der Waals surface area contributed by atoms with E-state index in [1.807, 2.05) is 0 Å². The molecule has 2 aromatic rings. The molecule has 0 aromatic heterocycles. The normalized spacial score (nSPS) is 12.4. The zero-order valence-corrected chi connectivity index (χ0v) is 13.7. The second kappa shape index (κ2) is 7.42. The lowest BCUT2D eigenvalue weighted by Crippen LogP contribution is -2.23. The van der Waals surface area contributed by atoms with Crippen molar-refractivity contribution in [2.75, 3.05) is 13.1 Å². The molecule has 1 heteroatoms. The van der Waals surface area contributed by atoms with Gasteiger partial charge in [-0.15, -0.1) is 0 Å². The zero-order valence-electron chi connectivity index (χ0n) is 13.7. The fraction of sp³-hybridized carbons (Fsp3) is 0.400. The van der Waals surface area contributed by atoms with E-state index in [-0.39, 0.29) is 0 Å². The SMILES string of the molecule is CCNCC(Cc1cc(C)ccc1C)c1ccc(C)cc1. The molecule has 0 bridgehead atoms. The highest BCUT2D eigenvalue weighted by molar-refractivity contribution is 5.33. The standard InChI is InChI=1S/C20H27N/c1-5-21-14-20(18-10-7-15(2)8-11-18)13-19-12-16(3)6-9-17(19)4/h6-12,20-21H,5,13-14H2,1-4H3. The summed E-state index contributed by atoms with van der Waals surface area (Å²) in [6.45, 7) is 10.8. The van der Waals surface area contributed by atoms with Crippen LogP contribution in [0, 0.1) is 20.8 Å². The van der Waals surface area contributed by atoms with E-state index in [1.54, 1.807) is 0 Å². The van der Waals surface area contributed by atoms with E-state index in [0.717, 1.165) is 19.5 Å².